The van der Waals surface area contributed by atoms with Crippen LogP contribution in [0, 0.1) is 6.92 Å². The highest BCUT2D eigenvalue weighted by Crippen LogP contribution is 2.24. The van der Waals surface area contributed by atoms with Crippen LogP contribution in [0.1, 0.15) is 28.0 Å². The fourth-order valence-electron chi connectivity index (χ4n) is 3.42. The van der Waals surface area contributed by atoms with Crippen molar-refractivity contribution in [3.63, 3.8) is 0 Å². The lowest BCUT2D eigenvalue weighted by Crippen LogP contribution is -2.43. The molecule has 0 spiro atoms. The number of morpholine rings is 1. The van der Waals surface area contributed by atoms with E-state index >= 15 is 0 Å². The normalized spacial score (nSPS) is 17.3. The van der Waals surface area contributed by atoms with Gasteiger partial charge < -0.3 is 9.64 Å². The van der Waals surface area contributed by atoms with Gasteiger partial charge in [0.1, 0.15) is 18.1 Å². The van der Waals surface area contributed by atoms with Crippen molar-refractivity contribution in [2.45, 2.75) is 13.0 Å². The monoisotopic (exact) mass is 375 g/mol. The third-order valence-electron chi connectivity index (χ3n) is 4.76. The summed E-state index contributed by atoms with van der Waals surface area (Å²) in [5.74, 6) is 0.356. The molecule has 0 aliphatic carbocycles. The Bertz CT molecular complexity index is 1190. The molecule has 0 saturated carbocycles. The minimum Gasteiger partial charge on any atom is -0.368 e. The predicted molar refractivity (Wildman–Crippen MR) is 99.7 cm³/mol. The summed E-state index contributed by atoms with van der Waals surface area (Å²) in [6, 6.07) is 9.41. The zero-order valence-corrected chi connectivity index (χ0v) is 15.2. The number of carbonyl (C=O) groups excluding carboxylic acids is 1. The molecule has 4 heterocycles. The fraction of sp³-hybridized carbons (Fsp3) is 0.263. The second kappa shape index (κ2) is 6.61. The van der Waals surface area contributed by atoms with Crippen LogP contribution in [0.4, 0.5) is 0 Å². The number of ether oxygens (including phenoxy) is 1. The summed E-state index contributed by atoms with van der Waals surface area (Å²) in [6.07, 6.45) is 2.67. The number of hydrogen-bond donors (Lipinski definition) is 0. The van der Waals surface area contributed by atoms with Crippen molar-refractivity contribution in [1.29, 1.82) is 0 Å². The number of benzene rings is 1. The van der Waals surface area contributed by atoms with E-state index in [1.165, 1.54) is 12.5 Å². The van der Waals surface area contributed by atoms with Gasteiger partial charge in [0.05, 0.1) is 36.1 Å². The van der Waals surface area contributed by atoms with E-state index in [0.29, 0.717) is 36.7 Å². The second-order valence-electron chi connectivity index (χ2n) is 6.65. The summed E-state index contributed by atoms with van der Waals surface area (Å²) in [5, 5.41) is 4.23. The molecule has 0 bridgehead atoms. The molecule has 1 fully saturated rings. The maximum absolute atomic E-state index is 13.0. The molecule has 28 heavy (non-hydrogen) atoms. The van der Waals surface area contributed by atoms with Gasteiger partial charge in [0, 0.05) is 12.2 Å². The average molecular weight is 375 g/mol. The first-order valence-corrected chi connectivity index (χ1v) is 8.99. The first-order valence-electron chi connectivity index (χ1n) is 8.99. The van der Waals surface area contributed by atoms with Gasteiger partial charge in [-0.25, -0.2) is 9.97 Å². The summed E-state index contributed by atoms with van der Waals surface area (Å²) in [4.78, 5) is 32.1. The van der Waals surface area contributed by atoms with Crippen LogP contribution in [0.25, 0.3) is 16.8 Å². The first kappa shape index (κ1) is 16.7. The molecule has 5 rings (SSSR count). The minimum atomic E-state index is -0.322. The Morgan fingerprint density at radius 1 is 1.18 bits per heavy atom. The molecule has 9 nitrogen and oxygen atoms in total. The SMILES string of the molecule is Cc1cc(C2CN(C(=O)c3cnc4ccccc4n3)CCO2)n2ncnc2n1. The molecule has 1 aliphatic rings. The number of para-hydroxylation sites is 2. The van der Waals surface area contributed by atoms with Gasteiger partial charge in [0.2, 0.25) is 0 Å². The fourth-order valence-corrected chi connectivity index (χ4v) is 3.42. The van der Waals surface area contributed by atoms with Gasteiger partial charge in [-0.05, 0) is 25.1 Å². The third-order valence-corrected chi connectivity index (χ3v) is 4.76. The van der Waals surface area contributed by atoms with E-state index in [9.17, 15) is 4.79 Å². The van der Waals surface area contributed by atoms with E-state index in [0.717, 1.165) is 16.9 Å². The number of rotatable bonds is 2. The standard InChI is InChI=1S/C19H17N7O2/c1-12-8-16(26-19(23-12)21-11-22-26)17-10-25(6-7-28-17)18(27)15-9-20-13-4-2-3-5-14(13)24-15/h2-5,8-9,11,17H,6-7,10H2,1H3. The summed E-state index contributed by atoms with van der Waals surface area (Å²) < 4.78 is 7.59. The number of carbonyl (C=O) groups is 1. The zero-order chi connectivity index (χ0) is 19.1. The van der Waals surface area contributed by atoms with Gasteiger partial charge in [-0.3, -0.25) is 9.78 Å². The lowest BCUT2D eigenvalue weighted by atomic mass is 10.1. The lowest BCUT2D eigenvalue weighted by Gasteiger charge is -2.32. The van der Waals surface area contributed by atoms with Crippen molar-refractivity contribution in [2.24, 2.45) is 0 Å². The Labute approximate surface area is 160 Å². The summed E-state index contributed by atoms with van der Waals surface area (Å²) >= 11 is 0. The molecule has 1 saturated heterocycles. The Hall–Kier alpha value is -3.46. The van der Waals surface area contributed by atoms with Crippen LogP contribution in [-0.2, 0) is 4.74 Å². The molecule has 9 heteroatoms. The van der Waals surface area contributed by atoms with Crippen molar-refractivity contribution in [3.05, 3.63) is 59.9 Å². The molecule has 4 aromatic rings. The number of aromatic nitrogens is 6. The van der Waals surface area contributed by atoms with E-state index in [1.807, 2.05) is 37.3 Å². The van der Waals surface area contributed by atoms with Crippen molar-refractivity contribution in [1.82, 2.24) is 34.4 Å². The largest absolute Gasteiger partial charge is 0.368 e. The second-order valence-corrected chi connectivity index (χ2v) is 6.65. The molecule has 0 N–H and O–H groups in total. The molecule has 140 valence electrons. The van der Waals surface area contributed by atoms with Crippen LogP contribution in [0.15, 0.2) is 42.9 Å². The highest BCUT2D eigenvalue weighted by molar-refractivity contribution is 5.93. The van der Waals surface area contributed by atoms with E-state index < -0.39 is 0 Å². The van der Waals surface area contributed by atoms with Crippen molar-refractivity contribution < 1.29 is 9.53 Å². The van der Waals surface area contributed by atoms with Crippen molar-refractivity contribution in [3.8, 4) is 0 Å². The van der Waals surface area contributed by atoms with E-state index in [-0.39, 0.29) is 12.0 Å². The Kier molecular flexibility index (Phi) is 3.94. The number of amides is 1. The van der Waals surface area contributed by atoms with E-state index in [2.05, 4.69) is 25.0 Å². The number of fused-ring (bicyclic) bond motifs is 2. The van der Waals surface area contributed by atoms with Crippen LogP contribution in [0.3, 0.4) is 0 Å². The first-order chi connectivity index (χ1) is 13.7. The average Bonchev–Trinajstić information content (AvgIpc) is 3.20. The Morgan fingerprint density at radius 3 is 2.93 bits per heavy atom. The van der Waals surface area contributed by atoms with Crippen LogP contribution >= 0.6 is 0 Å². The highest BCUT2D eigenvalue weighted by atomic mass is 16.5. The summed E-state index contributed by atoms with van der Waals surface area (Å²) in [5.41, 5.74) is 3.44. The van der Waals surface area contributed by atoms with Gasteiger partial charge in [-0.15, -0.1) is 0 Å². The topological polar surface area (TPSA) is 98.4 Å². The van der Waals surface area contributed by atoms with Gasteiger partial charge in [-0.1, -0.05) is 12.1 Å². The van der Waals surface area contributed by atoms with Crippen LogP contribution < -0.4 is 0 Å². The molecule has 1 aliphatic heterocycles. The molecule has 1 amide bonds. The molecular formula is C19H17N7O2. The molecule has 1 aromatic carbocycles. The lowest BCUT2D eigenvalue weighted by molar-refractivity contribution is -0.0259. The van der Waals surface area contributed by atoms with Crippen LogP contribution in [0.2, 0.25) is 0 Å². The van der Waals surface area contributed by atoms with Crippen LogP contribution in [-0.4, -0.2) is 60.1 Å². The predicted octanol–water partition coefficient (Wildman–Crippen LogP) is 1.59. The van der Waals surface area contributed by atoms with E-state index in [1.54, 1.807) is 9.42 Å². The zero-order valence-electron chi connectivity index (χ0n) is 15.2. The Morgan fingerprint density at radius 2 is 2.04 bits per heavy atom. The minimum absolute atomic E-state index is 0.160. The smallest absolute Gasteiger partial charge is 0.274 e. The van der Waals surface area contributed by atoms with Gasteiger partial charge in [0.15, 0.2) is 0 Å². The van der Waals surface area contributed by atoms with Gasteiger partial charge in [-0.2, -0.15) is 14.6 Å². The number of aryl methyl sites for hydroxylation is 1. The molecule has 1 unspecified atom stereocenters. The van der Waals surface area contributed by atoms with Crippen molar-refractivity contribution in [2.75, 3.05) is 19.7 Å². The van der Waals surface area contributed by atoms with Gasteiger partial charge in [0.25, 0.3) is 11.7 Å². The number of nitrogens with zero attached hydrogens (tertiary/aromatic N) is 7. The molecule has 3 aromatic heterocycles. The van der Waals surface area contributed by atoms with Crippen LogP contribution in [0.5, 0.6) is 0 Å². The van der Waals surface area contributed by atoms with Gasteiger partial charge >= 0.3 is 0 Å². The maximum Gasteiger partial charge on any atom is 0.274 e. The van der Waals surface area contributed by atoms with Crippen molar-refractivity contribution >= 4 is 22.7 Å². The summed E-state index contributed by atoms with van der Waals surface area (Å²) in [7, 11) is 0. The summed E-state index contributed by atoms with van der Waals surface area (Å²) in [6.45, 7) is 3.21. The number of hydrogen-bond acceptors (Lipinski definition) is 7. The quantitative estimate of drug-likeness (QED) is 0.525. The molecular weight excluding hydrogens is 358 g/mol. The Balaban J connectivity index is 1.44. The molecule has 0 radical (unpaired) electrons. The molecule has 1 atom stereocenters. The maximum atomic E-state index is 13.0. The van der Waals surface area contributed by atoms with E-state index in [4.69, 9.17) is 4.74 Å². The highest BCUT2D eigenvalue weighted by Gasteiger charge is 2.29. The third kappa shape index (κ3) is 2.85.